The second-order valence-corrected chi connectivity index (χ2v) is 6.23. The largest absolute Gasteiger partial charge is 0.298 e. The van der Waals surface area contributed by atoms with E-state index in [1.807, 2.05) is 16.8 Å². The number of hydrogen-bond acceptors (Lipinski definition) is 5. The molecule has 102 valence electrons. The van der Waals surface area contributed by atoms with Crippen LogP contribution in [0.2, 0.25) is 0 Å². The van der Waals surface area contributed by atoms with Gasteiger partial charge in [0.25, 0.3) is 0 Å². The van der Waals surface area contributed by atoms with E-state index in [9.17, 15) is 9.59 Å². The predicted octanol–water partition coefficient (Wildman–Crippen LogP) is 3.38. The van der Waals surface area contributed by atoms with E-state index < -0.39 is 0 Å². The Hall–Kier alpha value is -1.79. The highest BCUT2D eigenvalue weighted by Crippen LogP contribution is 2.29. The van der Waals surface area contributed by atoms with Crippen molar-refractivity contribution in [2.75, 3.05) is 5.32 Å². The van der Waals surface area contributed by atoms with E-state index in [1.165, 1.54) is 17.4 Å². The summed E-state index contributed by atoms with van der Waals surface area (Å²) >= 11 is 2.85. The Kier molecular flexibility index (Phi) is 3.75. The Labute approximate surface area is 124 Å². The minimum atomic E-state index is -0.227. The highest BCUT2D eigenvalue weighted by Gasteiger charge is 2.22. The van der Waals surface area contributed by atoms with E-state index in [4.69, 9.17) is 0 Å². The van der Waals surface area contributed by atoms with Gasteiger partial charge in [0.1, 0.15) is 0 Å². The van der Waals surface area contributed by atoms with Crippen LogP contribution in [0.1, 0.15) is 33.8 Å². The van der Waals surface area contributed by atoms with Crippen LogP contribution >= 0.6 is 22.7 Å². The molecule has 3 rings (SSSR count). The van der Waals surface area contributed by atoms with Gasteiger partial charge in [-0.25, -0.2) is 4.98 Å². The number of ketones is 1. The normalized spacial score (nSPS) is 14.5. The molecule has 2 heterocycles. The molecule has 4 nitrogen and oxygen atoms in total. The van der Waals surface area contributed by atoms with Crippen molar-refractivity contribution in [3.05, 3.63) is 39.0 Å². The fraction of sp³-hybridized carbons (Fsp3) is 0.214. The molecular formula is C14H12N2O2S2. The summed E-state index contributed by atoms with van der Waals surface area (Å²) in [6.45, 7) is 0. The number of aromatic nitrogens is 1. The maximum Gasteiger partial charge on any atom is 0.250 e. The fourth-order valence-electron chi connectivity index (χ4n) is 2.01. The summed E-state index contributed by atoms with van der Waals surface area (Å²) < 4.78 is 0. The summed E-state index contributed by atoms with van der Waals surface area (Å²) in [5.41, 5.74) is 1.82. The number of amides is 1. The second-order valence-electron chi connectivity index (χ2n) is 4.45. The molecule has 2 aromatic rings. The smallest absolute Gasteiger partial charge is 0.250 e. The van der Waals surface area contributed by atoms with Crippen molar-refractivity contribution in [2.45, 2.75) is 19.3 Å². The van der Waals surface area contributed by atoms with Crippen LogP contribution in [-0.2, 0) is 11.2 Å². The van der Waals surface area contributed by atoms with Crippen molar-refractivity contribution in [1.29, 1.82) is 0 Å². The summed E-state index contributed by atoms with van der Waals surface area (Å²) in [5.74, 6) is -0.0900. The second kappa shape index (κ2) is 5.68. The quantitative estimate of drug-likeness (QED) is 0.884. The SMILES string of the molecule is O=C(C=Cc1ccsc1)Nc1nc2c(s1)C(=O)CCC2. The van der Waals surface area contributed by atoms with E-state index in [1.54, 1.807) is 17.4 Å². The number of aryl methyl sites for hydroxylation is 1. The zero-order chi connectivity index (χ0) is 13.9. The molecule has 1 amide bonds. The maximum absolute atomic E-state index is 11.8. The molecule has 0 radical (unpaired) electrons. The Balaban J connectivity index is 1.69. The molecule has 0 unspecified atom stereocenters. The Morgan fingerprint density at radius 3 is 3.05 bits per heavy atom. The molecule has 0 fully saturated rings. The van der Waals surface area contributed by atoms with Crippen molar-refractivity contribution in [3.8, 4) is 0 Å². The van der Waals surface area contributed by atoms with Gasteiger partial charge in [-0.1, -0.05) is 11.3 Å². The van der Waals surface area contributed by atoms with Crippen LogP contribution in [0.3, 0.4) is 0 Å². The summed E-state index contributed by atoms with van der Waals surface area (Å²) in [4.78, 5) is 28.5. The highest BCUT2D eigenvalue weighted by atomic mass is 32.1. The minimum Gasteiger partial charge on any atom is -0.298 e. The van der Waals surface area contributed by atoms with Crippen molar-refractivity contribution >= 4 is 45.6 Å². The predicted molar refractivity (Wildman–Crippen MR) is 81.4 cm³/mol. The van der Waals surface area contributed by atoms with Gasteiger partial charge in [-0.05, 0) is 41.3 Å². The van der Waals surface area contributed by atoms with E-state index in [-0.39, 0.29) is 11.7 Å². The Morgan fingerprint density at radius 1 is 1.40 bits per heavy atom. The maximum atomic E-state index is 11.8. The van der Waals surface area contributed by atoms with Gasteiger partial charge in [0.2, 0.25) is 5.91 Å². The molecular weight excluding hydrogens is 292 g/mol. The van der Waals surface area contributed by atoms with Gasteiger partial charge in [0, 0.05) is 12.5 Å². The summed E-state index contributed by atoms with van der Waals surface area (Å²) in [6, 6.07) is 1.94. The molecule has 20 heavy (non-hydrogen) atoms. The number of thiophene rings is 1. The number of Topliss-reactive ketones (excluding diaryl/α,β-unsaturated/α-hetero) is 1. The molecule has 0 spiro atoms. The fourth-order valence-corrected chi connectivity index (χ4v) is 3.62. The molecule has 0 aromatic carbocycles. The first kappa shape index (κ1) is 13.2. The van der Waals surface area contributed by atoms with Gasteiger partial charge in [0.05, 0.1) is 10.6 Å². The Bertz CT molecular complexity index is 671. The molecule has 2 aromatic heterocycles. The van der Waals surface area contributed by atoms with Crippen LogP contribution < -0.4 is 5.32 Å². The molecule has 0 aliphatic heterocycles. The number of thiazole rings is 1. The van der Waals surface area contributed by atoms with Gasteiger partial charge < -0.3 is 0 Å². The van der Waals surface area contributed by atoms with Gasteiger partial charge in [-0.2, -0.15) is 11.3 Å². The van der Waals surface area contributed by atoms with Gasteiger partial charge in [-0.15, -0.1) is 0 Å². The summed E-state index contributed by atoms with van der Waals surface area (Å²) in [5, 5.41) is 7.14. The summed E-state index contributed by atoms with van der Waals surface area (Å²) in [6.07, 6.45) is 5.48. The Morgan fingerprint density at radius 2 is 2.30 bits per heavy atom. The van der Waals surface area contributed by atoms with Crippen molar-refractivity contribution in [3.63, 3.8) is 0 Å². The number of carbonyl (C=O) groups excluding carboxylic acids is 2. The first-order chi connectivity index (χ1) is 9.72. The monoisotopic (exact) mass is 304 g/mol. The van der Waals surface area contributed by atoms with Crippen molar-refractivity contribution < 1.29 is 9.59 Å². The molecule has 1 aliphatic carbocycles. The number of nitrogens with one attached hydrogen (secondary N) is 1. The van der Waals surface area contributed by atoms with E-state index in [0.717, 1.165) is 24.1 Å². The molecule has 0 saturated heterocycles. The lowest BCUT2D eigenvalue weighted by molar-refractivity contribution is -0.111. The summed E-state index contributed by atoms with van der Waals surface area (Å²) in [7, 11) is 0. The van der Waals surface area contributed by atoms with E-state index >= 15 is 0 Å². The minimum absolute atomic E-state index is 0.137. The lowest BCUT2D eigenvalue weighted by Crippen LogP contribution is -2.08. The van der Waals surface area contributed by atoms with Crippen molar-refractivity contribution in [2.24, 2.45) is 0 Å². The van der Waals surface area contributed by atoms with E-state index in [0.29, 0.717) is 16.4 Å². The average molecular weight is 304 g/mol. The highest BCUT2D eigenvalue weighted by molar-refractivity contribution is 7.17. The number of carbonyl (C=O) groups is 2. The number of rotatable bonds is 3. The van der Waals surface area contributed by atoms with Crippen LogP contribution in [0.4, 0.5) is 5.13 Å². The first-order valence-electron chi connectivity index (χ1n) is 6.26. The van der Waals surface area contributed by atoms with Crippen LogP contribution in [0, 0.1) is 0 Å². The number of hydrogen-bond donors (Lipinski definition) is 1. The number of fused-ring (bicyclic) bond motifs is 1. The van der Waals surface area contributed by atoms with Crippen LogP contribution in [0.5, 0.6) is 0 Å². The van der Waals surface area contributed by atoms with Crippen molar-refractivity contribution in [1.82, 2.24) is 4.98 Å². The first-order valence-corrected chi connectivity index (χ1v) is 8.02. The molecule has 0 bridgehead atoms. The van der Waals surface area contributed by atoms with E-state index in [2.05, 4.69) is 10.3 Å². The van der Waals surface area contributed by atoms with Gasteiger partial charge in [0.15, 0.2) is 10.9 Å². The number of anilines is 1. The molecule has 1 aliphatic rings. The van der Waals surface area contributed by atoms with Gasteiger partial charge in [-0.3, -0.25) is 14.9 Å². The zero-order valence-electron chi connectivity index (χ0n) is 10.6. The third kappa shape index (κ3) is 2.86. The molecule has 0 saturated carbocycles. The zero-order valence-corrected chi connectivity index (χ0v) is 12.2. The van der Waals surface area contributed by atoms with Crippen LogP contribution in [-0.4, -0.2) is 16.7 Å². The van der Waals surface area contributed by atoms with Crippen LogP contribution in [0.25, 0.3) is 6.08 Å². The molecule has 1 N–H and O–H groups in total. The lowest BCUT2D eigenvalue weighted by Gasteiger charge is -2.05. The lowest BCUT2D eigenvalue weighted by atomic mass is 10.0. The average Bonchev–Trinajstić information content (AvgIpc) is 3.05. The molecule has 6 heteroatoms. The topological polar surface area (TPSA) is 59.1 Å². The van der Waals surface area contributed by atoms with Crippen LogP contribution in [0.15, 0.2) is 22.9 Å². The van der Waals surface area contributed by atoms with Gasteiger partial charge >= 0.3 is 0 Å². The molecule has 0 atom stereocenters. The third-order valence-corrected chi connectivity index (χ3v) is 4.72. The third-order valence-electron chi connectivity index (χ3n) is 2.97. The number of nitrogens with zero attached hydrogens (tertiary/aromatic N) is 1. The standard InChI is InChI=1S/C14H12N2O2S2/c17-11-3-1-2-10-13(11)20-14(15-10)16-12(18)5-4-9-6-7-19-8-9/h4-8H,1-3H2,(H,15,16,18).